The van der Waals surface area contributed by atoms with Gasteiger partial charge in [-0.3, -0.25) is 0 Å². The first-order chi connectivity index (χ1) is 18.0. The molecule has 0 saturated carbocycles. The summed E-state index contributed by atoms with van der Waals surface area (Å²) in [6.07, 6.45) is 3.43. The second kappa shape index (κ2) is 10.2. The molecule has 1 atom stereocenters. The number of piperidine rings is 1. The van der Waals surface area contributed by atoms with Crippen LogP contribution >= 0.6 is 22.9 Å². The lowest BCUT2D eigenvalue weighted by atomic mass is 10.0. The third kappa shape index (κ3) is 4.67. The highest BCUT2D eigenvalue weighted by atomic mass is 35.5. The normalized spacial score (nSPS) is 19.1. The van der Waals surface area contributed by atoms with Gasteiger partial charge in [-0.05, 0) is 38.6 Å². The highest BCUT2D eigenvalue weighted by molar-refractivity contribution is 7.22. The number of nitrogens with zero attached hydrogens (tertiary/aromatic N) is 5. The number of nitrogens with one attached hydrogen (secondary N) is 1. The molecule has 2 aromatic carbocycles. The number of likely N-dealkylation sites (N-methyl/N-ethyl adjacent to an activating group) is 1. The zero-order valence-corrected chi connectivity index (χ0v) is 22.2. The van der Waals surface area contributed by atoms with Crippen molar-refractivity contribution in [3.05, 3.63) is 35.1 Å². The first-order valence-electron chi connectivity index (χ1n) is 12.6. The molecule has 8 nitrogen and oxygen atoms in total. The number of nitrogens with two attached hydrogens (primary N) is 1. The highest BCUT2D eigenvalue weighted by Crippen LogP contribution is 2.42. The highest BCUT2D eigenvalue weighted by Gasteiger charge is 2.26. The van der Waals surface area contributed by atoms with E-state index in [-0.39, 0.29) is 28.2 Å². The number of thiazole rings is 1. The molecular formula is C26H29ClFN7OS. The topological polar surface area (TPSA) is 92.4 Å². The Morgan fingerprint density at radius 1 is 1.16 bits per heavy atom. The Hall–Kier alpha value is -2.79. The van der Waals surface area contributed by atoms with Crippen LogP contribution in [0.1, 0.15) is 19.3 Å². The molecule has 194 valence electrons. The maximum absolute atomic E-state index is 16.4. The van der Waals surface area contributed by atoms with E-state index < -0.39 is 5.82 Å². The average Bonchev–Trinajstić information content (AvgIpc) is 3.29. The van der Waals surface area contributed by atoms with E-state index in [9.17, 15) is 0 Å². The fraction of sp³-hybridized carbons (Fsp3) is 0.423. The molecule has 0 bridgehead atoms. The van der Waals surface area contributed by atoms with Crippen molar-refractivity contribution in [3.8, 4) is 17.1 Å². The minimum atomic E-state index is -0.514. The summed E-state index contributed by atoms with van der Waals surface area (Å²) < 4.78 is 23.4. The number of piperazine rings is 1. The lowest BCUT2D eigenvalue weighted by molar-refractivity contribution is 0.120. The molecule has 37 heavy (non-hydrogen) atoms. The molecule has 2 aliphatic heterocycles. The lowest BCUT2D eigenvalue weighted by Gasteiger charge is -2.32. The maximum Gasteiger partial charge on any atom is 0.319 e. The molecule has 0 spiro atoms. The van der Waals surface area contributed by atoms with Crippen LogP contribution in [-0.4, -0.2) is 72.3 Å². The van der Waals surface area contributed by atoms with Crippen LogP contribution in [-0.2, 0) is 0 Å². The van der Waals surface area contributed by atoms with Crippen molar-refractivity contribution in [2.75, 3.05) is 57.0 Å². The van der Waals surface area contributed by atoms with Crippen LogP contribution in [0.4, 0.5) is 15.3 Å². The second-order valence-electron chi connectivity index (χ2n) is 9.66. The van der Waals surface area contributed by atoms with Gasteiger partial charge in [0.05, 0.1) is 15.2 Å². The van der Waals surface area contributed by atoms with Crippen LogP contribution in [0, 0.1) is 5.82 Å². The molecule has 0 aliphatic carbocycles. The summed E-state index contributed by atoms with van der Waals surface area (Å²) in [6.45, 7) is 4.63. The first-order valence-corrected chi connectivity index (χ1v) is 13.8. The van der Waals surface area contributed by atoms with E-state index in [1.165, 1.54) is 24.2 Å². The summed E-state index contributed by atoms with van der Waals surface area (Å²) in [5.41, 5.74) is 7.62. The SMILES string of the molecule is CN1CCCC[C@H]1COc1nc(N2CCNCC2)c2cc(Cl)c(-c3cccc4sc(N)nc34)c(F)c2n1. The van der Waals surface area contributed by atoms with Gasteiger partial charge in [0, 0.05) is 48.7 Å². The van der Waals surface area contributed by atoms with Gasteiger partial charge < -0.3 is 25.6 Å². The van der Waals surface area contributed by atoms with Gasteiger partial charge in [-0.15, -0.1) is 0 Å². The molecule has 0 amide bonds. The van der Waals surface area contributed by atoms with E-state index >= 15 is 4.39 Å². The van der Waals surface area contributed by atoms with Crippen molar-refractivity contribution < 1.29 is 9.13 Å². The zero-order valence-electron chi connectivity index (χ0n) is 20.6. The summed E-state index contributed by atoms with van der Waals surface area (Å²) in [5.74, 6) is 0.127. The van der Waals surface area contributed by atoms with Crippen molar-refractivity contribution in [2.45, 2.75) is 25.3 Å². The van der Waals surface area contributed by atoms with E-state index in [2.05, 4.69) is 32.1 Å². The van der Waals surface area contributed by atoms with Gasteiger partial charge in [0.15, 0.2) is 10.9 Å². The van der Waals surface area contributed by atoms with Crippen LogP contribution in [0.5, 0.6) is 6.01 Å². The molecule has 11 heteroatoms. The van der Waals surface area contributed by atoms with Crippen molar-refractivity contribution in [1.82, 2.24) is 25.2 Å². The van der Waals surface area contributed by atoms with Crippen molar-refractivity contribution >= 4 is 55.0 Å². The Balaban J connectivity index is 1.48. The number of nitrogen functional groups attached to an aromatic ring is 1. The van der Waals surface area contributed by atoms with Crippen LogP contribution in [0.15, 0.2) is 24.3 Å². The summed E-state index contributed by atoms with van der Waals surface area (Å²) >= 11 is 8.12. The Morgan fingerprint density at radius 3 is 2.81 bits per heavy atom. The number of aromatic nitrogens is 3. The molecule has 2 saturated heterocycles. The molecule has 4 aromatic rings. The van der Waals surface area contributed by atoms with Gasteiger partial charge in [-0.2, -0.15) is 9.97 Å². The predicted octanol–water partition coefficient (Wildman–Crippen LogP) is 4.55. The van der Waals surface area contributed by atoms with E-state index in [1.807, 2.05) is 18.2 Å². The van der Waals surface area contributed by atoms with E-state index in [0.29, 0.717) is 34.0 Å². The Labute approximate surface area is 223 Å². The second-order valence-corrected chi connectivity index (χ2v) is 11.1. The number of hydrogen-bond donors (Lipinski definition) is 2. The molecule has 4 heterocycles. The smallest absolute Gasteiger partial charge is 0.319 e. The summed E-state index contributed by atoms with van der Waals surface area (Å²) in [5, 5.41) is 4.63. The number of halogens is 2. The van der Waals surface area contributed by atoms with E-state index in [1.54, 1.807) is 6.07 Å². The minimum Gasteiger partial charge on any atom is -0.462 e. The van der Waals surface area contributed by atoms with Crippen molar-refractivity contribution in [1.29, 1.82) is 0 Å². The monoisotopic (exact) mass is 541 g/mol. The third-order valence-electron chi connectivity index (χ3n) is 7.29. The Bertz CT molecular complexity index is 1460. The quantitative estimate of drug-likeness (QED) is 0.380. The van der Waals surface area contributed by atoms with Crippen molar-refractivity contribution in [3.63, 3.8) is 0 Å². The third-order valence-corrected chi connectivity index (χ3v) is 8.44. The number of benzene rings is 2. The van der Waals surface area contributed by atoms with Gasteiger partial charge in [0.1, 0.15) is 17.9 Å². The van der Waals surface area contributed by atoms with Gasteiger partial charge >= 0.3 is 6.01 Å². The van der Waals surface area contributed by atoms with Gasteiger partial charge in [0.2, 0.25) is 0 Å². The average molecular weight is 542 g/mol. The standard InChI is InChI=1S/C26H29ClFN7OS/c1-34-10-3-2-5-15(34)14-36-26-32-23-17(24(33-26)35-11-8-30-9-12-35)13-18(27)20(21(23)28)16-6-4-7-19-22(16)31-25(29)37-19/h4,6-7,13,15,30H,2-3,5,8-12,14H2,1H3,(H2,29,31)/t15-/m0/s1. The number of ether oxygens (including phenoxy) is 1. The Morgan fingerprint density at radius 2 is 2.00 bits per heavy atom. The molecule has 6 rings (SSSR count). The van der Waals surface area contributed by atoms with Crippen LogP contribution < -0.4 is 20.7 Å². The first kappa shape index (κ1) is 24.5. The fourth-order valence-electron chi connectivity index (χ4n) is 5.28. The van der Waals surface area contributed by atoms with Gasteiger partial charge in [0.25, 0.3) is 0 Å². The van der Waals surface area contributed by atoms with Crippen LogP contribution in [0.3, 0.4) is 0 Å². The molecular weight excluding hydrogens is 513 g/mol. The number of anilines is 2. The van der Waals surface area contributed by atoms with E-state index in [0.717, 1.165) is 43.8 Å². The van der Waals surface area contributed by atoms with Gasteiger partial charge in [-0.1, -0.05) is 41.5 Å². The number of rotatable bonds is 5. The number of likely N-dealkylation sites (tertiary alicyclic amines) is 1. The molecule has 0 unspecified atom stereocenters. The van der Waals surface area contributed by atoms with Crippen LogP contribution in [0.25, 0.3) is 32.2 Å². The minimum absolute atomic E-state index is 0.184. The fourth-order valence-corrected chi connectivity index (χ4v) is 6.34. The summed E-state index contributed by atoms with van der Waals surface area (Å²) in [7, 11) is 2.11. The molecule has 2 aliphatic rings. The zero-order chi connectivity index (χ0) is 25.5. The maximum atomic E-state index is 16.4. The molecule has 2 fully saturated rings. The van der Waals surface area contributed by atoms with Gasteiger partial charge in [-0.25, -0.2) is 9.37 Å². The van der Waals surface area contributed by atoms with Crippen molar-refractivity contribution in [2.24, 2.45) is 0 Å². The molecule has 3 N–H and O–H groups in total. The molecule has 0 radical (unpaired) electrons. The lowest BCUT2D eigenvalue weighted by Crippen LogP contribution is -2.44. The van der Waals surface area contributed by atoms with Crippen LogP contribution in [0.2, 0.25) is 5.02 Å². The number of fused-ring (bicyclic) bond motifs is 2. The molecule has 2 aromatic heterocycles. The number of hydrogen-bond acceptors (Lipinski definition) is 9. The number of para-hydroxylation sites is 1. The largest absolute Gasteiger partial charge is 0.462 e. The summed E-state index contributed by atoms with van der Waals surface area (Å²) in [6, 6.07) is 7.82. The summed E-state index contributed by atoms with van der Waals surface area (Å²) in [4.78, 5) is 18.2. The predicted molar refractivity (Wildman–Crippen MR) is 148 cm³/mol. The Kier molecular flexibility index (Phi) is 6.74. The van der Waals surface area contributed by atoms with E-state index in [4.69, 9.17) is 27.1 Å².